The van der Waals surface area contributed by atoms with E-state index in [0.717, 1.165) is 22.5 Å². The highest BCUT2D eigenvalue weighted by Gasteiger charge is 2.32. The molecule has 0 unspecified atom stereocenters. The van der Waals surface area contributed by atoms with Crippen LogP contribution in [0.4, 0.5) is 10.6 Å². The monoisotopic (exact) mass is 511 g/mol. The molecule has 0 N–H and O–H groups in total. The maximum atomic E-state index is 12.7. The molecule has 1 amide bonds. The van der Waals surface area contributed by atoms with Crippen LogP contribution in [0.25, 0.3) is 28.1 Å². The molecule has 1 fully saturated rings. The number of piperazine rings is 1. The highest BCUT2D eigenvalue weighted by molar-refractivity contribution is 6.02. The second-order valence-electron chi connectivity index (χ2n) is 10.3. The largest absolute Gasteiger partial charge is 0.444 e. The van der Waals surface area contributed by atoms with E-state index < -0.39 is 5.60 Å². The third kappa shape index (κ3) is 4.72. The fraction of sp³-hybridized carbons (Fsp3) is 0.370. The van der Waals surface area contributed by atoms with Crippen molar-refractivity contribution in [2.24, 2.45) is 0 Å². The third-order valence-corrected chi connectivity index (χ3v) is 6.37. The summed E-state index contributed by atoms with van der Waals surface area (Å²) in [7, 11) is 0. The van der Waals surface area contributed by atoms with Crippen molar-refractivity contribution in [1.29, 1.82) is 5.26 Å². The lowest BCUT2D eigenvalue weighted by atomic mass is 10.1. The van der Waals surface area contributed by atoms with Crippen LogP contribution in [0, 0.1) is 18.3 Å². The van der Waals surface area contributed by atoms with E-state index >= 15 is 0 Å². The summed E-state index contributed by atoms with van der Waals surface area (Å²) >= 11 is 0. The third-order valence-electron chi connectivity index (χ3n) is 6.37. The Labute approximate surface area is 220 Å². The number of pyridine rings is 1. The van der Waals surface area contributed by atoms with Crippen molar-refractivity contribution < 1.29 is 9.53 Å². The minimum absolute atomic E-state index is 0.0337. The Balaban J connectivity index is 1.62. The van der Waals surface area contributed by atoms with E-state index in [4.69, 9.17) is 9.72 Å². The van der Waals surface area contributed by atoms with Crippen molar-refractivity contribution in [2.45, 2.75) is 46.3 Å². The Morgan fingerprint density at radius 1 is 1.11 bits per heavy atom. The summed E-state index contributed by atoms with van der Waals surface area (Å²) in [4.78, 5) is 39.5. The van der Waals surface area contributed by atoms with Gasteiger partial charge in [0.25, 0.3) is 0 Å². The van der Waals surface area contributed by atoms with E-state index in [2.05, 4.69) is 37.8 Å². The summed E-state index contributed by atoms with van der Waals surface area (Å²) in [5, 5.41) is 10.2. The van der Waals surface area contributed by atoms with Crippen molar-refractivity contribution in [3.05, 3.63) is 54.5 Å². The van der Waals surface area contributed by atoms with Crippen molar-refractivity contribution >= 4 is 22.9 Å². The number of amides is 1. The molecule has 194 valence electrons. The van der Waals surface area contributed by atoms with E-state index in [1.165, 1.54) is 6.33 Å². The average Bonchev–Trinajstić information content (AvgIpc) is 3.28. The Morgan fingerprint density at radius 2 is 1.89 bits per heavy atom. The number of nitrogens with zero attached hydrogens (tertiary/aromatic N) is 9. The second-order valence-corrected chi connectivity index (χ2v) is 10.3. The predicted molar refractivity (Wildman–Crippen MR) is 142 cm³/mol. The zero-order valence-electron chi connectivity index (χ0n) is 22.1. The van der Waals surface area contributed by atoms with Gasteiger partial charge in [-0.1, -0.05) is 0 Å². The quantitative estimate of drug-likeness (QED) is 0.402. The molecule has 0 bridgehead atoms. The normalized spacial score (nSPS) is 15.9. The molecular weight excluding hydrogens is 482 g/mol. The van der Waals surface area contributed by atoms with Gasteiger partial charge in [0.1, 0.15) is 23.6 Å². The first-order chi connectivity index (χ1) is 18.2. The van der Waals surface area contributed by atoms with Gasteiger partial charge in [0.2, 0.25) is 0 Å². The van der Waals surface area contributed by atoms with Crippen LogP contribution in [0.15, 0.2) is 43.2 Å². The molecule has 4 aromatic heterocycles. The summed E-state index contributed by atoms with van der Waals surface area (Å²) in [5.74, 6) is 1.30. The van der Waals surface area contributed by atoms with Gasteiger partial charge in [0, 0.05) is 56.0 Å². The molecule has 0 radical (unpaired) electrons. The van der Waals surface area contributed by atoms with Crippen LogP contribution in [0.1, 0.15) is 39.0 Å². The molecule has 11 nitrogen and oxygen atoms in total. The number of hydrogen-bond acceptors (Lipinski definition) is 9. The lowest BCUT2D eigenvalue weighted by Gasteiger charge is -2.41. The molecule has 5 heterocycles. The van der Waals surface area contributed by atoms with E-state index in [0.29, 0.717) is 42.4 Å². The van der Waals surface area contributed by atoms with Crippen LogP contribution in [0.2, 0.25) is 0 Å². The Morgan fingerprint density at radius 3 is 2.61 bits per heavy atom. The van der Waals surface area contributed by atoms with Gasteiger partial charge in [-0.25, -0.2) is 19.7 Å². The van der Waals surface area contributed by atoms with E-state index in [-0.39, 0.29) is 12.1 Å². The molecule has 1 aliphatic heterocycles. The molecule has 0 aromatic carbocycles. The van der Waals surface area contributed by atoms with Crippen molar-refractivity contribution in [3.8, 4) is 23.1 Å². The highest BCUT2D eigenvalue weighted by atomic mass is 16.6. The average molecular weight is 512 g/mol. The molecule has 5 rings (SSSR count). The zero-order chi connectivity index (χ0) is 27.0. The van der Waals surface area contributed by atoms with Gasteiger partial charge in [-0.05, 0) is 46.8 Å². The van der Waals surface area contributed by atoms with Crippen LogP contribution < -0.4 is 4.90 Å². The molecule has 1 aliphatic rings. The summed E-state index contributed by atoms with van der Waals surface area (Å²) in [5.41, 5.74) is 2.87. The molecule has 0 aliphatic carbocycles. The summed E-state index contributed by atoms with van der Waals surface area (Å²) < 4.78 is 7.45. The Bertz CT molecular complexity index is 1550. The number of ether oxygens (including phenoxy) is 1. The van der Waals surface area contributed by atoms with Gasteiger partial charge < -0.3 is 14.5 Å². The number of fused-ring (bicyclic) bond motifs is 1. The summed E-state index contributed by atoms with van der Waals surface area (Å²) in [6.45, 7) is 11.1. The molecule has 11 heteroatoms. The van der Waals surface area contributed by atoms with Gasteiger partial charge in [0.15, 0.2) is 5.65 Å². The fourth-order valence-electron chi connectivity index (χ4n) is 4.67. The van der Waals surface area contributed by atoms with Crippen molar-refractivity contribution in [2.75, 3.05) is 24.5 Å². The summed E-state index contributed by atoms with van der Waals surface area (Å²) in [6, 6.07) is 5.52. The number of rotatable bonds is 3. The van der Waals surface area contributed by atoms with Crippen LogP contribution in [0.5, 0.6) is 0 Å². The molecule has 38 heavy (non-hydrogen) atoms. The Hall–Kier alpha value is -4.59. The van der Waals surface area contributed by atoms with Gasteiger partial charge in [-0.2, -0.15) is 5.26 Å². The minimum atomic E-state index is -0.556. The van der Waals surface area contributed by atoms with Gasteiger partial charge in [-0.3, -0.25) is 14.5 Å². The number of anilines is 1. The van der Waals surface area contributed by atoms with E-state index in [1.807, 2.05) is 38.5 Å². The van der Waals surface area contributed by atoms with E-state index in [9.17, 15) is 10.1 Å². The van der Waals surface area contributed by atoms with Crippen molar-refractivity contribution in [1.82, 2.24) is 34.4 Å². The van der Waals surface area contributed by atoms with Gasteiger partial charge >= 0.3 is 6.09 Å². The second kappa shape index (κ2) is 9.70. The molecule has 4 aromatic rings. The SMILES string of the molecule is Cc1nccnc1-c1cn(-c2cc(C#N)ccn2)c2ncnc(N3CCN(C(=O)OC(C)(C)C)C[C@@H]3C)c12. The molecule has 1 saturated heterocycles. The topological polar surface area (TPSA) is 126 Å². The highest BCUT2D eigenvalue weighted by Crippen LogP contribution is 2.37. The molecule has 1 atom stereocenters. The standard InChI is InChI=1S/C27H29N9O2/c1-17-14-34(26(37)38-27(3,4)5)10-11-35(17)24-22-20(23-18(2)29-8-9-31-23)15-36(25(22)33-16-32-24)21-12-19(13-28)6-7-30-21/h6-9,12,15-17H,10-11,14H2,1-5H3/t17-/m0/s1. The first kappa shape index (κ1) is 25.1. The Kier molecular flexibility index (Phi) is 6.40. The molecular formula is C27H29N9O2. The summed E-state index contributed by atoms with van der Waals surface area (Å²) in [6.07, 6.45) is 8.06. The maximum absolute atomic E-state index is 12.7. The van der Waals surface area contributed by atoms with Crippen LogP contribution in [-0.4, -0.2) is 71.8 Å². The number of hydrogen-bond donors (Lipinski definition) is 0. The maximum Gasteiger partial charge on any atom is 0.410 e. The number of aromatic nitrogens is 6. The van der Waals surface area contributed by atoms with Crippen LogP contribution in [0.3, 0.4) is 0 Å². The lowest BCUT2D eigenvalue weighted by Crippen LogP contribution is -2.54. The molecule has 0 saturated carbocycles. The van der Waals surface area contributed by atoms with E-state index in [1.54, 1.807) is 35.6 Å². The fourth-order valence-corrected chi connectivity index (χ4v) is 4.67. The van der Waals surface area contributed by atoms with Crippen LogP contribution in [-0.2, 0) is 4.74 Å². The van der Waals surface area contributed by atoms with Gasteiger partial charge in [-0.15, -0.1) is 0 Å². The molecule has 0 spiro atoms. The number of carbonyl (C=O) groups is 1. The zero-order valence-corrected chi connectivity index (χ0v) is 22.1. The number of carbonyl (C=O) groups excluding carboxylic acids is 1. The lowest BCUT2D eigenvalue weighted by molar-refractivity contribution is 0.0218. The van der Waals surface area contributed by atoms with Crippen LogP contribution >= 0.6 is 0 Å². The first-order valence-electron chi connectivity index (χ1n) is 12.4. The first-order valence-corrected chi connectivity index (χ1v) is 12.4. The number of aryl methyl sites for hydroxylation is 1. The minimum Gasteiger partial charge on any atom is -0.444 e. The number of nitriles is 1. The van der Waals surface area contributed by atoms with Crippen molar-refractivity contribution in [3.63, 3.8) is 0 Å². The predicted octanol–water partition coefficient (Wildman–Crippen LogP) is 3.90. The smallest absolute Gasteiger partial charge is 0.410 e. The van der Waals surface area contributed by atoms with Gasteiger partial charge in [0.05, 0.1) is 28.4 Å².